The fraction of sp³-hybridized carbons (Fsp3) is 1.00. The molecular weight excluding hydrogens is 168 g/mol. The zero-order chi connectivity index (χ0) is 10.3. The molecule has 0 aromatic rings. The summed E-state index contributed by atoms with van der Waals surface area (Å²) in [6.45, 7) is 10.1. The molecule has 0 heterocycles. The van der Waals surface area contributed by atoms with Gasteiger partial charge in [0.2, 0.25) is 0 Å². The van der Waals surface area contributed by atoms with Gasteiger partial charge in [-0.15, -0.1) is 0 Å². The Balaban J connectivity index is 2.32. The summed E-state index contributed by atoms with van der Waals surface area (Å²) in [5.74, 6) is 3.89. The fourth-order valence-corrected chi connectivity index (χ4v) is 5.14. The molecule has 2 fully saturated rings. The van der Waals surface area contributed by atoms with Gasteiger partial charge in [-0.05, 0) is 41.9 Å². The molecule has 2 aliphatic rings. The summed E-state index contributed by atoms with van der Waals surface area (Å²) >= 11 is 0. The first kappa shape index (κ1) is 10.5. The third kappa shape index (κ3) is 1.19. The Morgan fingerprint density at radius 2 is 1.00 bits per heavy atom. The van der Waals surface area contributed by atoms with E-state index in [0.717, 1.165) is 23.7 Å². The third-order valence-electron chi connectivity index (χ3n) is 5.72. The molecule has 0 aromatic carbocycles. The monoisotopic (exact) mass is 194 g/mol. The normalized spacial score (nSPS) is 54.0. The van der Waals surface area contributed by atoms with Crippen LogP contribution in [0.15, 0.2) is 0 Å². The Kier molecular flexibility index (Phi) is 2.66. The molecule has 0 aliphatic heterocycles. The Bertz CT molecular complexity index is 184. The number of hydrogen-bond acceptors (Lipinski definition) is 0. The van der Waals surface area contributed by atoms with Crippen LogP contribution in [0.5, 0.6) is 0 Å². The highest BCUT2D eigenvalue weighted by molar-refractivity contribution is 5.02. The molecule has 0 amide bonds. The molecule has 0 heteroatoms. The van der Waals surface area contributed by atoms with Crippen LogP contribution in [-0.4, -0.2) is 0 Å². The molecule has 2 aliphatic carbocycles. The molecule has 0 aromatic heterocycles. The molecule has 0 saturated heterocycles. The summed E-state index contributed by atoms with van der Waals surface area (Å²) in [6, 6.07) is 0. The Morgan fingerprint density at radius 3 is 1.43 bits per heavy atom. The molecule has 2 saturated carbocycles. The second-order valence-corrected chi connectivity index (χ2v) is 6.11. The van der Waals surface area contributed by atoms with E-state index in [2.05, 4.69) is 27.7 Å². The first-order valence-corrected chi connectivity index (χ1v) is 6.60. The summed E-state index contributed by atoms with van der Waals surface area (Å²) in [5, 5.41) is 0. The van der Waals surface area contributed by atoms with Crippen LogP contribution in [-0.2, 0) is 0 Å². The zero-order valence-corrected chi connectivity index (χ0v) is 10.3. The van der Waals surface area contributed by atoms with Crippen molar-refractivity contribution in [2.75, 3.05) is 0 Å². The maximum Gasteiger partial charge on any atom is -0.0195 e. The van der Waals surface area contributed by atoms with Crippen LogP contribution in [0.4, 0.5) is 0 Å². The van der Waals surface area contributed by atoms with Gasteiger partial charge in [0, 0.05) is 0 Å². The lowest BCUT2D eigenvalue weighted by atomic mass is 9.54. The fourth-order valence-electron chi connectivity index (χ4n) is 5.14. The Hall–Kier alpha value is 0. The predicted octanol–water partition coefficient (Wildman–Crippen LogP) is 4.49. The minimum absolute atomic E-state index is 0.707. The van der Waals surface area contributed by atoms with Gasteiger partial charge in [0.25, 0.3) is 0 Å². The molecule has 0 radical (unpaired) electrons. The highest BCUT2D eigenvalue weighted by Crippen LogP contribution is 2.61. The number of rotatable bonds is 0. The highest BCUT2D eigenvalue weighted by atomic mass is 14.6. The van der Waals surface area contributed by atoms with Crippen LogP contribution >= 0.6 is 0 Å². The number of hydrogen-bond donors (Lipinski definition) is 0. The minimum Gasteiger partial charge on any atom is -0.0619 e. The van der Waals surface area contributed by atoms with Crippen molar-refractivity contribution in [3.05, 3.63) is 0 Å². The predicted molar refractivity (Wildman–Crippen MR) is 62.2 cm³/mol. The molecule has 1 spiro atoms. The van der Waals surface area contributed by atoms with Crippen molar-refractivity contribution < 1.29 is 0 Å². The average molecular weight is 194 g/mol. The van der Waals surface area contributed by atoms with Gasteiger partial charge in [-0.25, -0.2) is 0 Å². The lowest BCUT2D eigenvalue weighted by Crippen LogP contribution is -2.44. The maximum atomic E-state index is 2.52. The van der Waals surface area contributed by atoms with Crippen LogP contribution < -0.4 is 0 Å². The van der Waals surface area contributed by atoms with Crippen LogP contribution in [0.1, 0.15) is 59.8 Å². The van der Waals surface area contributed by atoms with Gasteiger partial charge in [-0.1, -0.05) is 47.0 Å². The molecule has 2 rings (SSSR count). The van der Waals surface area contributed by atoms with Crippen molar-refractivity contribution in [3.8, 4) is 0 Å². The molecule has 82 valence electrons. The van der Waals surface area contributed by atoms with Crippen LogP contribution in [0.25, 0.3) is 0 Å². The van der Waals surface area contributed by atoms with Gasteiger partial charge in [-0.2, -0.15) is 0 Å². The van der Waals surface area contributed by atoms with Crippen molar-refractivity contribution in [2.45, 2.75) is 59.8 Å². The quantitative estimate of drug-likeness (QED) is 0.533. The lowest BCUT2D eigenvalue weighted by Gasteiger charge is -2.51. The van der Waals surface area contributed by atoms with E-state index in [9.17, 15) is 0 Å². The second kappa shape index (κ2) is 3.54. The van der Waals surface area contributed by atoms with Gasteiger partial charge >= 0.3 is 0 Å². The Morgan fingerprint density at radius 1 is 0.643 bits per heavy atom. The standard InChI is InChI=1S/C14H26/c1-10-6-5-7-11(2)14(10)12(3)8-9-13(14)4/h10-13H,5-9H2,1-4H3/t10-,11+,12-,13+,14?. The van der Waals surface area contributed by atoms with Crippen LogP contribution in [0.3, 0.4) is 0 Å². The molecule has 1 unspecified atom stereocenters. The summed E-state index contributed by atoms with van der Waals surface area (Å²) < 4.78 is 0. The lowest BCUT2D eigenvalue weighted by molar-refractivity contribution is -0.0271. The highest BCUT2D eigenvalue weighted by Gasteiger charge is 2.53. The van der Waals surface area contributed by atoms with E-state index in [4.69, 9.17) is 0 Å². The molecule has 5 atom stereocenters. The van der Waals surface area contributed by atoms with E-state index in [1.807, 2.05) is 0 Å². The topological polar surface area (TPSA) is 0 Å². The molecule has 0 N–H and O–H groups in total. The third-order valence-corrected chi connectivity index (χ3v) is 5.72. The average Bonchev–Trinajstić information content (AvgIpc) is 2.42. The molecular formula is C14H26. The summed E-state index contributed by atoms with van der Waals surface area (Å²) in [7, 11) is 0. The van der Waals surface area contributed by atoms with Gasteiger partial charge in [0.05, 0.1) is 0 Å². The minimum atomic E-state index is 0.707. The molecule has 0 bridgehead atoms. The maximum absolute atomic E-state index is 2.52. The van der Waals surface area contributed by atoms with Crippen molar-refractivity contribution >= 4 is 0 Å². The van der Waals surface area contributed by atoms with E-state index in [-0.39, 0.29) is 0 Å². The van der Waals surface area contributed by atoms with E-state index in [0.29, 0.717) is 5.41 Å². The Labute approximate surface area is 89.5 Å². The van der Waals surface area contributed by atoms with E-state index >= 15 is 0 Å². The van der Waals surface area contributed by atoms with Crippen molar-refractivity contribution in [1.82, 2.24) is 0 Å². The SMILES string of the molecule is C[C@@H]1CCC[C@H](C)C12[C@H](C)CC[C@@H]2C. The van der Waals surface area contributed by atoms with E-state index < -0.39 is 0 Å². The second-order valence-electron chi connectivity index (χ2n) is 6.11. The summed E-state index contributed by atoms with van der Waals surface area (Å²) in [4.78, 5) is 0. The largest absolute Gasteiger partial charge is 0.0619 e. The van der Waals surface area contributed by atoms with Gasteiger partial charge < -0.3 is 0 Å². The molecule has 0 nitrogen and oxygen atoms in total. The van der Waals surface area contributed by atoms with Gasteiger partial charge in [0.15, 0.2) is 0 Å². The van der Waals surface area contributed by atoms with E-state index in [1.165, 1.54) is 32.1 Å². The van der Waals surface area contributed by atoms with Crippen LogP contribution in [0.2, 0.25) is 0 Å². The zero-order valence-electron chi connectivity index (χ0n) is 10.3. The van der Waals surface area contributed by atoms with E-state index in [1.54, 1.807) is 0 Å². The van der Waals surface area contributed by atoms with Crippen molar-refractivity contribution in [2.24, 2.45) is 29.1 Å². The smallest absolute Gasteiger partial charge is 0.0195 e. The van der Waals surface area contributed by atoms with Crippen molar-refractivity contribution in [3.63, 3.8) is 0 Å². The first-order chi connectivity index (χ1) is 6.60. The van der Waals surface area contributed by atoms with Crippen LogP contribution in [0, 0.1) is 29.1 Å². The van der Waals surface area contributed by atoms with Gasteiger partial charge in [0.1, 0.15) is 0 Å². The summed E-state index contributed by atoms with van der Waals surface area (Å²) in [5.41, 5.74) is 0.707. The summed E-state index contributed by atoms with van der Waals surface area (Å²) in [6.07, 6.45) is 7.41. The molecule has 14 heavy (non-hydrogen) atoms. The van der Waals surface area contributed by atoms with Gasteiger partial charge in [-0.3, -0.25) is 0 Å². The van der Waals surface area contributed by atoms with Crippen molar-refractivity contribution in [1.29, 1.82) is 0 Å². The first-order valence-electron chi connectivity index (χ1n) is 6.60.